The van der Waals surface area contributed by atoms with Gasteiger partial charge in [-0.3, -0.25) is 14.8 Å². The fourth-order valence-corrected chi connectivity index (χ4v) is 1.87. The Morgan fingerprint density at radius 3 is 2.89 bits per heavy atom. The van der Waals surface area contributed by atoms with Gasteiger partial charge in [-0.1, -0.05) is 6.07 Å². The molecule has 6 heteroatoms. The van der Waals surface area contributed by atoms with E-state index in [0.717, 1.165) is 17.7 Å². The SMILES string of the molecule is Cc1ccc(NCCc2cnn(C)c2)cc1[N+](=O)[O-]. The van der Waals surface area contributed by atoms with Gasteiger partial charge in [0.15, 0.2) is 0 Å². The van der Waals surface area contributed by atoms with Crippen LogP contribution in [0.25, 0.3) is 0 Å². The molecule has 19 heavy (non-hydrogen) atoms. The van der Waals surface area contributed by atoms with E-state index in [1.807, 2.05) is 25.5 Å². The summed E-state index contributed by atoms with van der Waals surface area (Å²) >= 11 is 0. The number of hydrogen-bond acceptors (Lipinski definition) is 4. The van der Waals surface area contributed by atoms with Gasteiger partial charge in [-0.05, 0) is 25.0 Å². The van der Waals surface area contributed by atoms with Crippen molar-refractivity contribution < 1.29 is 4.92 Å². The molecule has 0 fully saturated rings. The van der Waals surface area contributed by atoms with Gasteiger partial charge in [0.25, 0.3) is 5.69 Å². The number of benzene rings is 1. The molecule has 2 aromatic rings. The number of aryl methyl sites for hydroxylation is 2. The molecular weight excluding hydrogens is 244 g/mol. The van der Waals surface area contributed by atoms with E-state index in [1.54, 1.807) is 23.7 Å². The molecule has 1 aromatic carbocycles. The number of anilines is 1. The molecule has 100 valence electrons. The van der Waals surface area contributed by atoms with E-state index in [4.69, 9.17) is 0 Å². The standard InChI is InChI=1S/C13H16N4O2/c1-10-3-4-12(7-13(10)17(18)19)14-6-5-11-8-15-16(2)9-11/h3-4,7-9,14H,5-6H2,1-2H3. The van der Waals surface area contributed by atoms with Crippen LogP contribution in [-0.4, -0.2) is 21.2 Å². The summed E-state index contributed by atoms with van der Waals surface area (Å²) in [5.74, 6) is 0. The van der Waals surface area contributed by atoms with E-state index >= 15 is 0 Å². The van der Waals surface area contributed by atoms with Crippen molar-refractivity contribution in [3.05, 3.63) is 51.8 Å². The number of aromatic nitrogens is 2. The Labute approximate surface area is 111 Å². The Bertz CT molecular complexity index is 592. The highest BCUT2D eigenvalue weighted by atomic mass is 16.6. The molecule has 0 bridgehead atoms. The zero-order chi connectivity index (χ0) is 13.8. The lowest BCUT2D eigenvalue weighted by Gasteiger charge is -2.06. The summed E-state index contributed by atoms with van der Waals surface area (Å²) in [5, 5.41) is 18.1. The molecule has 0 saturated carbocycles. The first kappa shape index (κ1) is 13.1. The molecule has 0 amide bonds. The van der Waals surface area contributed by atoms with Crippen LogP contribution in [-0.2, 0) is 13.5 Å². The molecule has 2 rings (SSSR count). The van der Waals surface area contributed by atoms with E-state index < -0.39 is 0 Å². The molecule has 0 saturated heterocycles. The lowest BCUT2D eigenvalue weighted by Crippen LogP contribution is -2.05. The second-order valence-electron chi connectivity index (χ2n) is 4.46. The molecule has 0 unspecified atom stereocenters. The molecule has 1 heterocycles. The van der Waals surface area contributed by atoms with E-state index in [0.29, 0.717) is 12.1 Å². The molecule has 0 aliphatic heterocycles. The van der Waals surface area contributed by atoms with Crippen molar-refractivity contribution in [2.24, 2.45) is 7.05 Å². The normalized spacial score (nSPS) is 10.4. The van der Waals surface area contributed by atoms with Gasteiger partial charge in [0.1, 0.15) is 0 Å². The van der Waals surface area contributed by atoms with Gasteiger partial charge in [0.05, 0.1) is 11.1 Å². The zero-order valence-electron chi connectivity index (χ0n) is 11.0. The van der Waals surface area contributed by atoms with Gasteiger partial charge in [-0.25, -0.2) is 0 Å². The van der Waals surface area contributed by atoms with Gasteiger partial charge in [0, 0.05) is 37.1 Å². The van der Waals surface area contributed by atoms with Gasteiger partial charge in [-0.15, -0.1) is 0 Å². The van der Waals surface area contributed by atoms with Crippen LogP contribution < -0.4 is 5.32 Å². The number of nitro groups is 1. The summed E-state index contributed by atoms with van der Waals surface area (Å²) in [5.41, 5.74) is 2.71. The van der Waals surface area contributed by atoms with Crippen molar-refractivity contribution in [3.8, 4) is 0 Å². The second-order valence-corrected chi connectivity index (χ2v) is 4.46. The quantitative estimate of drug-likeness (QED) is 0.661. The Kier molecular flexibility index (Phi) is 3.79. The van der Waals surface area contributed by atoms with Crippen LogP contribution in [0.2, 0.25) is 0 Å². The lowest BCUT2D eigenvalue weighted by molar-refractivity contribution is -0.385. The van der Waals surface area contributed by atoms with E-state index in [2.05, 4.69) is 10.4 Å². The van der Waals surface area contributed by atoms with E-state index in [9.17, 15) is 10.1 Å². The van der Waals surface area contributed by atoms with Crippen LogP contribution in [0, 0.1) is 17.0 Å². The molecule has 6 nitrogen and oxygen atoms in total. The topological polar surface area (TPSA) is 73.0 Å². The molecule has 1 N–H and O–H groups in total. The first-order valence-electron chi connectivity index (χ1n) is 6.02. The average molecular weight is 260 g/mol. The fourth-order valence-electron chi connectivity index (χ4n) is 1.87. The molecule has 0 atom stereocenters. The van der Waals surface area contributed by atoms with Crippen molar-refractivity contribution in [2.45, 2.75) is 13.3 Å². The first-order valence-corrected chi connectivity index (χ1v) is 6.02. The number of nitrogens with zero attached hydrogens (tertiary/aromatic N) is 3. The summed E-state index contributed by atoms with van der Waals surface area (Å²) in [7, 11) is 1.88. The van der Waals surface area contributed by atoms with Crippen LogP contribution in [0.5, 0.6) is 0 Å². The van der Waals surface area contributed by atoms with Gasteiger partial charge < -0.3 is 5.32 Å². The van der Waals surface area contributed by atoms with E-state index in [-0.39, 0.29) is 10.6 Å². The van der Waals surface area contributed by atoms with Gasteiger partial charge >= 0.3 is 0 Å². The van der Waals surface area contributed by atoms with Crippen molar-refractivity contribution in [2.75, 3.05) is 11.9 Å². The van der Waals surface area contributed by atoms with Crippen LogP contribution in [0.4, 0.5) is 11.4 Å². The minimum absolute atomic E-state index is 0.145. The molecule has 0 radical (unpaired) electrons. The highest BCUT2D eigenvalue weighted by Crippen LogP contribution is 2.22. The van der Waals surface area contributed by atoms with Crippen molar-refractivity contribution in [1.29, 1.82) is 0 Å². The third kappa shape index (κ3) is 3.31. The lowest BCUT2D eigenvalue weighted by atomic mass is 10.2. The Hall–Kier alpha value is -2.37. The minimum atomic E-state index is -0.359. The van der Waals surface area contributed by atoms with E-state index in [1.165, 1.54) is 0 Å². The summed E-state index contributed by atoms with van der Waals surface area (Å²) in [4.78, 5) is 10.5. The summed E-state index contributed by atoms with van der Waals surface area (Å²) in [6.07, 6.45) is 4.61. The van der Waals surface area contributed by atoms with Gasteiger partial charge in [-0.2, -0.15) is 5.10 Å². The van der Waals surface area contributed by atoms with Crippen molar-refractivity contribution in [1.82, 2.24) is 9.78 Å². The average Bonchev–Trinajstić information content (AvgIpc) is 2.77. The van der Waals surface area contributed by atoms with Crippen LogP contribution in [0.3, 0.4) is 0 Å². The number of nitro benzene ring substituents is 1. The minimum Gasteiger partial charge on any atom is -0.385 e. The second kappa shape index (κ2) is 5.51. The third-order valence-corrected chi connectivity index (χ3v) is 2.91. The molecule has 0 spiro atoms. The molecule has 0 aliphatic rings. The highest BCUT2D eigenvalue weighted by molar-refractivity contribution is 5.54. The van der Waals surface area contributed by atoms with Crippen LogP contribution in [0.1, 0.15) is 11.1 Å². The molecular formula is C13H16N4O2. The Morgan fingerprint density at radius 1 is 1.47 bits per heavy atom. The maximum absolute atomic E-state index is 10.8. The Morgan fingerprint density at radius 2 is 2.26 bits per heavy atom. The maximum Gasteiger partial charge on any atom is 0.274 e. The summed E-state index contributed by atoms with van der Waals surface area (Å²) in [6, 6.07) is 5.18. The highest BCUT2D eigenvalue weighted by Gasteiger charge is 2.10. The number of rotatable bonds is 5. The zero-order valence-corrected chi connectivity index (χ0v) is 11.0. The number of hydrogen-bond donors (Lipinski definition) is 1. The summed E-state index contributed by atoms with van der Waals surface area (Å²) < 4.78 is 1.76. The third-order valence-electron chi connectivity index (χ3n) is 2.91. The van der Waals surface area contributed by atoms with Gasteiger partial charge in [0.2, 0.25) is 0 Å². The Balaban J connectivity index is 1.96. The molecule has 1 aromatic heterocycles. The summed E-state index contributed by atoms with van der Waals surface area (Å²) in [6.45, 7) is 2.45. The van der Waals surface area contributed by atoms with Crippen LogP contribution in [0.15, 0.2) is 30.6 Å². The first-order chi connectivity index (χ1) is 9.06. The maximum atomic E-state index is 10.8. The van der Waals surface area contributed by atoms with Crippen LogP contribution >= 0.6 is 0 Å². The van der Waals surface area contributed by atoms with Crippen molar-refractivity contribution in [3.63, 3.8) is 0 Å². The van der Waals surface area contributed by atoms with Crippen molar-refractivity contribution >= 4 is 11.4 Å². The predicted octanol–water partition coefficient (Wildman–Crippen LogP) is 2.29. The monoisotopic (exact) mass is 260 g/mol. The molecule has 0 aliphatic carbocycles. The predicted molar refractivity (Wildman–Crippen MR) is 73.2 cm³/mol. The smallest absolute Gasteiger partial charge is 0.274 e. The fraction of sp³-hybridized carbons (Fsp3) is 0.308. The number of nitrogens with one attached hydrogen (secondary N) is 1. The largest absolute Gasteiger partial charge is 0.385 e.